The SMILES string of the molecule is CC(=O)Nc1cn2c(n1)CNCC2. The van der Waals surface area contributed by atoms with Crippen molar-refractivity contribution < 1.29 is 4.79 Å². The van der Waals surface area contributed by atoms with Crippen LogP contribution in [0.4, 0.5) is 5.82 Å². The zero-order chi connectivity index (χ0) is 9.26. The molecule has 13 heavy (non-hydrogen) atoms. The monoisotopic (exact) mass is 180 g/mol. The molecule has 0 bridgehead atoms. The fraction of sp³-hybridized carbons (Fsp3) is 0.500. The first-order valence-electron chi connectivity index (χ1n) is 4.30. The highest BCUT2D eigenvalue weighted by Gasteiger charge is 2.11. The van der Waals surface area contributed by atoms with Crippen LogP contribution in [-0.4, -0.2) is 22.0 Å². The summed E-state index contributed by atoms with van der Waals surface area (Å²) in [7, 11) is 0. The van der Waals surface area contributed by atoms with E-state index >= 15 is 0 Å². The minimum absolute atomic E-state index is 0.0802. The molecule has 1 aliphatic heterocycles. The van der Waals surface area contributed by atoms with Gasteiger partial charge >= 0.3 is 0 Å². The predicted molar refractivity (Wildman–Crippen MR) is 48.2 cm³/mol. The number of imidazole rings is 1. The Morgan fingerprint density at radius 3 is 3.31 bits per heavy atom. The van der Waals surface area contributed by atoms with Gasteiger partial charge in [-0.05, 0) is 0 Å². The molecular weight excluding hydrogens is 168 g/mol. The molecular formula is C8H12N4O. The number of amides is 1. The zero-order valence-electron chi connectivity index (χ0n) is 7.50. The number of nitrogens with zero attached hydrogens (tertiary/aromatic N) is 2. The van der Waals surface area contributed by atoms with E-state index in [-0.39, 0.29) is 5.91 Å². The normalized spacial score (nSPS) is 15.2. The summed E-state index contributed by atoms with van der Waals surface area (Å²) in [6.07, 6.45) is 1.87. The van der Waals surface area contributed by atoms with Crippen LogP contribution in [0, 0.1) is 0 Å². The van der Waals surface area contributed by atoms with Gasteiger partial charge in [0.15, 0.2) is 5.82 Å². The minimum atomic E-state index is -0.0802. The zero-order valence-corrected chi connectivity index (χ0v) is 7.50. The molecule has 2 heterocycles. The van der Waals surface area contributed by atoms with Crippen LogP contribution in [0.2, 0.25) is 0 Å². The molecule has 2 rings (SSSR count). The van der Waals surface area contributed by atoms with E-state index in [1.807, 2.05) is 6.20 Å². The Labute approximate surface area is 76.2 Å². The maximum absolute atomic E-state index is 10.7. The fourth-order valence-corrected chi connectivity index (χ4v) is 1.43. The molecule has 0 aromatic carbocycles. The maximum Gasteiger partial charge on any atom is 0.222 e. The number of carbonyl (C=O) groups is 1. The topological polar surface area (TPSA) is 59.0 Å². The van der Waals surface area contributed by atoms with Crippen LogP contribution in [0.15, 0.2) is 6.20 Å². The average Bonchev–Trinajstić information content (AvgIpc) is 2.44. The smallest absolute Gasteiger partial charge is 0.222 e. The molecule has 5 nitrogen and oxygen atoms in total. The Hall–Kier alpha value is -1.36. The number of nitrogens with one attached hydrogen (secondary N) is 2. The van der Waals surface area contributed by atoms with Gasteiger partial charge in [-0.15, -0.1) is 0 Å². The molecule has 0 aliphatic carbocycles. The van der Waals surface area contributed by atoms with Gasteiger partial charge in [0.1, 0.15) is 5.82 Å². The van der Waals surface area contributed by atoms with Crippen LogP contribution in [0.3, 0.4) is 0 Å². The minimum Gasteiger partial charge on any atom is -0.330 e. The van der Waals surface area contributed by atoms with E-state index in [2.05, 4.69) is 20.2 Å². The fourth-order valence-electron chi connectivity index (χ4n) is 1.43. The van der Waals surface area contributed by atoms with Crippen LogP contribution in [0.1, 0.15) is 12.7 Å². The first-order chi connectivity index (χ1) is 6.25. The van der Waals surface area contributed by atoms with Gasteiger partial charge in [-0.25, -0.2) is 4.98 Å². The molecule has 1 aliphatic rings. The van der Waals surface area contributed by atoms with Crippen molar-refractivity contribution >= 4 is 11.7 Å². The van der Waals surface area contributed by atoms with Gasteiger partial charge in [0.05, 0.1) is 6.54 Å². The maximum atomic E-state index is 10.7. The van der Waals surface area contributed by atoms with Crippen molar-refractivity contribution in [2.75, 3.05) is 11.9 Å². The lowest BCUT2D eigenvalue weighted by Gasteiger charge is -2.13. The van der Waals surface area contributed by atoms with Crippen molar-refractivity contribution in [3.63, 3.8) is 0 Å². The van der Waals surface area contributed by atoms with E-state index in [0.717, 1.165) is 25.5 Å². The summed E-state index contributed by atoms with van der Waals surface area (Å²) in [5, 5.41) is 5.87. The Bertz CT molecular complexity index is 307. The molecule has 1 amide bonds. The molecule has 0 radical (unpaired) electrons. The number of carbonyl (C=O) groups excluding carboxylic acids is 1. The van der Waals surface area contributed by atoms with E-state index in [1.165, 1.54) is 6.92 Å². The summed E-state index contributed by atoms with van der Waals surface area (Å²) in [6, 6.07) is 0. The molecule has 0 atom stereocenters. The van der Waals surface area contributed by atoms with Crippen molar-refractivity contribution in [3.8, 4) is 0 Å². The van der Waals surface area contributed by atoms with E-state index < -0.39 is 0 Å². The van der Waals surface area contributed by atoms with Gasteiger partial charge in [0.2, 0.25) is 5.91 Å². The van der Waals surface area contributed by atoms with Crippen molar-refractivity contribution in [2.24, 2.45) is 0 Å². The number of hydrogen-bond donors (Lipinski definition) is 2. The van der Waals surface area contributed by atoms with Gasteiger partial charge in [-0.3, -0.25) is 4.79 Å². The highest BCUT2D eigenvalue weighted by atomic mass is 16.1. The van der Waals surface area contributed by atoms with E-state index in [4.69, 9.17) is 0 Å². The lowest BCUT2D eigenvalue weighted by molar-refractivity contribution is -0.114. The largest absolute Gasteiger partial charge is 0.330 e. The van der Waals surface area contributed by atoms with Crippen LogP contribution in [-0.2, 0) is 17.9 Å². The summed E-state index contributed by atoms with van der Waals surface area (Å²) < 4.78 is 2.06. The molecule has 2 N–H and O–H groups in total. The molecule has 1 aromatic heterocycles. The molecule has 5 heteroatoms. The highest BCUT2D eigenvalue weighted by Crippen LogP contribution is 2.10. The van der Waals surface area contributed by atoms with Crippen molar-refractivity contribution in [1.29, 1.82) is 0 Å². The first kappa shape index (κ1) is 8.25. The Morgan fingerprint density at radius 1 is 1.77 bits per heavy atom. The van der Waals surface area contributed by atoms with Gasteiger partial charge in [-0.1, -0.05) is 0 Å². The van der Waals surface area contributed by atoms with Crippen molar-refractivity contribution in [3.05, 3.63) is 12.0 Å². The molecule has 0 unspecified atom stereocenters. The third-order valence-corrected chi connectivity index (χ3v) is 1.98. The second-order valence-corrected chi connectivity index (χ2v) is 3.09. The van der Waals surface area contributed by atoms with E-state index in [0.29, 0.717) is 5.82 Å². The van der Waals surface area contributed by atoms with Gasteiger partial charge in [0, 0.05) is 26.2 Å². The van der Waals surface area contributed by atoms with Crippen LogP contribution < -0.4 is 10.6 Å². The van der Waals surface area contributed by atoms with Crippen molar-refractivity contribution in [2.45, 2.75) is 20.0 Å². The Balaban J connectivity index is 2.20. The Kier molecular flexibility index (Phi) is 2.02. The lowest BCUT2D eigenvalue weighted by atomic mass is 10.4. The second kappa shape index (κ2) is 3.18. The summed E-state index contributed by atoms with van der Waals surface area (Å²) in [5.41, 5.74) is 0. The summed E-state index contributed by atoms with van der Waals surface area (Å²) >= 11 is 0. The molecule has 0 fully saturated rings. The third-order valence-electron chi connectivity index (χ3n) is 1.98. The standard InChI is InChI=1S/C8H12N4O/c1-6(13)10-7-5-12-3-2-9-4-8(12)11-7/h5,9H,2-4H2,1H3,(H,10,13). The van der Waals surface area contributed by atoms with Crippen LogP contribution in [0.5, 0.6) is 0 Å². The third kappa shape index (κ3) is 1.70. The molecule has 0 spiro atoms. The Morgan fingerprint density at radius 2 is 2.62 bits per heavy atom. The summed E-state index contributed by atoms with van der Waals surface area (Å²) in [5.74, 6) is 1.55. The number of anilines is 1. The first-order valence-corrected chi connectivity index (χ1v) is 4.30. The number of aromatic nitrogens is 2. The van der Waals surface area contributed by atoms with E-state index in [9.17, 15) is 4.79 Å². The van der Waals surface area contributed by atoms with Crippen LogP contribution >= 0.6 is 0 Å². The van der Waals surface area contributed by atoms with Gasteiger partial charge < -0.3 is 15.2 Å². The molecule has 0 saturated heterocycles. The average molecular weight is 180 g/mol. The number of hydrogen-bond acceptors (Lipinski definition) is 3. The van der Waals surface area contributed by atoms with E-state index in [1.54, 1.807) is 0 Å². The second-order valence-electron chi connectivity index (χ2n) is 3.09. The van der Waals surface area contributed by atoms with Gasteiger partial charge in [0.25, 0.3) is 0 Å². The van der Waals surface area contributed by atoms with Gasteiger partial charge in [-0.2, -0.15) is 0 Å². The molecule has 70 valence electrons. The quantitative estimate of drug-likeness (QED) is 0.636. The highest BCUT2D eigenvalue weighted by molar-refractivity contribution is 5.87. The lowest BCUT2D eigenvalue weighted by Crippen LogP contribution is -2.27. The molecule has 1 aromatic rings. The van der Waals surface area contributed by atoms with Crippen molar-refractivity contribution in [1.82, 2.24) is 14.9 Å². The molecule has 0 saturated carbocycles. The number of rotatable bonds is 1. The number of fused-ring (bicyclic) bond motifs is 1. The summed E-state index contributed by atoms with van der Waals surface area (Å²) in [4.78, 5) is 15.0. The predicted octanol–water partition coefficient (Wildman–Crippen LogP) is -0.0553. The summed E-state index contributed by atoms with van der Waals surface area (Å²) in [6.45, 7) is 4.14. The van der Waals surface area contributed by atoms with Crippen LogP contribution in [0.25, 0.3) is 0 Å².